The van der Waals surface area contributed by atoms with E-state index in [9.17, 15) is 9.65 Å². The number of nitrogens with one attached hydrogen (secondary N) is 1. The SMILES string of the molecule is N#Cc1c(F)cccc1N1CCNCC12CCCCC2. The molecule has 1 heterocycles. The first-order valence-electron chi connectivity index (χ1n) is 7.44. The Balaban J connectivity index is 2.02. The van der Waals surface area contributed by atoms with Crippen molar-refractivity contribution in [3.05, 3.63) is 29.6 Å². The Labute approximate surface area is 119 Å². The predicted octanol–water partition coefficient (Wildman–Crippen LogP) is 2.81. The van der Waals surface area contributed by atoms with Crippen LogP contribution in [0, 0.1) is 17.1 Å². The van der Waals surface area contributed by atoms with Crippen LogP contribution in [0.3, 0.4) is 0 Å². The zero-order chi connectivity index (χ0) is 14.0. The van der Waals surface area contributed by atoms with Crippen molar-refractivity contribution in [1.82, 2.24) is 5.32 Å². The molecule has 106 valence electrons. The van der Waals surface area contributed by atoms with Crippen LogP contribution in [0.2, 0.25) is 0 Å². The molecule has 0 unspecified atom stereocenters. The van der Waals surface area contributed by atoms with Gasteiger partial charge in [0.15, 0.2) is 0 Å². The number of hydrogen-bond acceptors (Lipinski definition) is 3. The highest BCUT2D eigenvalue weighted by Crippen LogP contribution is 2.39. The summed E-state index contributed by atoms with van der Waals surface area (Å²) in [4.78, 5) is 2.30. The zero-order valence-corrected chi connectivity index (χ0v) is 11.7. The highest BCUT2D eigenvalue weighted by atomic mass is 19.1. The van der Waals surface area contributed by atoms with E-state index in [2.05, 4.69) is 10.2 Å². The molecular weight excluding hydrogens is 253 g/mol. The molecule has 20 heavy (non-hydrogen) atoms. The van der Waals surface area contributed by atoms with E-state index in [0.717, 1.165) is 38.2 Å². The van der Waals surface area contributed by atoms with E-state index in [1.54, 1.807) is 6.07 Å². The molecule has 1 N–H and O–H groups in total. The maximum Gasteiger partial charge on any atom is 0.143 e. The highest BCUT2D eigenvalue weighted by Gasteiger charge is 2.40. The van der Waals surface area contributed by atoms with E-state index in [4.69, 9.17) is 0 Å². The van der Waals surface area contributed by atoms with Crippen LogP contribution < -0.4 is 10.2 Å². The molecule has 0 amide bonds. The lowest BCUT2D eigenvalue weighted by Gasteiger charge is -2.51. The van der Waals surface area contributed by atoms with E-state index in [1.165, 1.54) is 25.3 Å². The molecule has 1 aromatic carbocycles. The second-order valence-electron chi connectivity index (χ2n) is 5.86. The Bertz CT molecular complexity index is 521. The van der Waals surface area contributed by atoms with E-state index < -0.39 is 5.82 Å². The lowest BCUT2D eigenvalue weighted by Crippen LogP contribution is -2.62. The van der Waals surface area contributed by atoms with E-state index in [1.807, 2.05) is 12.1 Å². The molecule has 3 rings (SSSR count). The van der Waals surface area contributed by atoms with Crippen molar-refractivity contribution >= 4 is 5.69 Å². The molecule has 0 aromatic heterocycles. The topological polar surface area (TPSA) is 39.1 Å². The van der Waals surface area contributed by atoms with Crippen LogP contribution in [0.5, 0.6) is 0 Å². The number of benzene rings is 1. The number of nitriles is 1. The molecule has 1 aromatic rings. The monoisotopic (exact) mass is 273 g/mol. The Morgan fingerprint density at radius 1 is 1.25 bits per heavy atom. The average Bonchev–Trinajstić information content (AvgIpc) is 2.48. The lowest BCUT2D eigenvalue weighted by molar-refractivity contribution is 0.241. The van der Waals surface area contributed by atoms with Gasteiger partial charge < -0.3 is 10.2 Å². The maximum absolute atomic E-state index is 13.9. The van der Waals surface area contributed by atoms with E-state index >= 15 is 0 Å². The van der Waals surface area contributed by atoms with Crippen molar-refractivity contribution in [3.8, 4) is 6.07 Å². The van der Waals surface area contributed by atoms with Crippen LogP contribution in [-0.4, -0.2) is 25.2 Å². The molecule has 1 saturated heterocycles. The normalized spacial score (nSPS) is 21.7. The average molecular weight is 273 g/mol. The van der Waals surface area contributed by atoms with Crippen molar-refractivity contribution in [3.63, 3.8) is 0 Å². The molecule has 3 nitrogen and oxygen atoms in total. The number of halogens is 1. The fraction of sp³-hybridized carbons (Fsp3) is 0.562. The van der Waals surface area contributed by atoms with E-state index in [-0.39, 0.29) is 11.1 Å². The molecule has 0 atom stereocenters. The van der Waals surface area contributed by atoms with Gasteiger partial charge in [-0.25, -0.2) is 4.39 Å². The first-order valence-corrected chi connectivity index (χ1v) is 7.44. The van der Waals surface area contributed by atoms with Gasteiger partial charge >= 0.3 is 0 Å². The molecule has 1 aliphatic carbocycles. The third-order valence-electron chi connectivity index (χ3n) is 4.72. The molecule has 0 radical (unpaired) electrons. The van der Waals surface area contributed by atoms with Crippen LogP contribution >= 0.6 is 0 Å². The summed E-state index contributed by atoms with van der Waals surface area (Å²) in [6.07, 6.45) is 5.97. The number of anilines is 1. The number of piperazine rings is 1. The summed E-state index contributed by atoms with van der Waals surface area (Å²) in [5, 5.41) is 12.8. The van der Waals surface area contributed by atoms with Gasteiger partial charge in [0.2, 0.25) is 0 Å². The van der Waals surface area contributed by atoms with Crippen LogP contribution in [0.1, 0.15) is 37.7 Å². The van der Waals surface area contributed by atoms with Crippen molar-refractivity contribution < 1.29 is 4.39 Å². The molecular formula is C16H20FN3. The molecule has 4 heteroatoms. The zero-order valence-electron chi connectivity index (χ0n) is 11.7. The molecule has 0 bridgehead atoms. The van der Waals surface area contributed by atoms with Gasteiger partial charge in [-0.1, -0.05) is 25.3 Å². The summed E-state index contributed by atoms with van der Waals surface area (Å²) in [5.41, 5.74) is 1.03. The molecule has 1 aliphatic heterocycles. The van der Waals surface area contributed by atoms with Gasteiger partial charge in [0, 0.05) is 19.6 Å². The van der Waals surface area contributed by atoms with Crippen molar-refractivity contribution in [2.75, 3.05) is 24.5 Å². The van der Waals surface area contributed by atoms with Gasteiger partial charge in [-0.3, -0.25) is 0 Å². The second-order valence-corrected chi connectivity index (χ2v) is 5.86. The fourth-order valence-corrected chi connectivity index (χ4v) is 3.73. The predicted molar refractivity (Wildman–Crippen MR) is 77.1 cm³/mol. The standard InChI is InChI=1S/C16H20FN3/c17-14-5-4-6-15(13(14)11-18)20-10-9-19-12-16(20)7-2-1-3-8-16/h4-6,19H,1-3,7-10,12H2. The van der Waals surface area contributed by atoms with Gasteiger partial charge in [0.05, 0.1) is 11.2 Å². The Morgan fingerprint density at radius 2 is 2.05 bits per heavy atom. The summed E-state index contributed by atoms with van der Waals surface area (Å²) >= 11 is 0. The minimum absolute atomic E-state index is 0.0654. The number of rotatable bonds is 1. The second kappa shape index (κ2) is 5.41. The first-order chi connectivity index (χ1) is 9.77. The van der Waals surface area contributed by atoms with Crippen LogP contribution in [-0.2, 0) is 0 Å². The molecule has 1 saturated carbocycles. The van der Waals surface area contributed by atoms with Gasteiger partial charge in [0.25, 0.3) is 0 Å². The van der Waals surface area contributed by atoms with Crippen molar-refractivity contribution in [2.45, 2.75) is 37.6 Å². The van der Waals surface area contributed by atoms with E-state index in [0.29, 0.717) is 0 Å². The number of nitrogens with zero attached hydrogens (tertiary/aromatic N) is 2. The Kier molecular flexibility index (Phi) is 3.62. The summed E-state index contributed by atoms with van der Waals surface area (Å²) < 4.78 is 13.9. The summed E-state index contributed by atoms with van der Waals surface area (Å²) in [5.74, 6) is -0.408. The van der Waals surface area contributed by atoms with Crippen molar-refractivity contribution in [2.24, 2.45) is 0 Å². The van der Waals surface area contributed by atoms with Crippen LogP contribution in [0.4, 0.5) is 10.1 Å². The fourth-order valence-electron chi connectivity index (χ4n) is 3.73. The third kappa shape index (κ3) is 2.16. The minimum atomic E-state index is -0.408. The third-order valence-corrected chi connectivity index (χ3v) is 4.72. The summed E-state index contributed by atoms with van der Waals surface area (Å²) in [6.45, 7) is 2.68. The van der Waals surface area contributed by atoms with Crippen LogP contribution in [0.25, 0.3) is 0 Å². The largest absolute Gasteiger partial charge is 0.362 e. The maximum atomic E-state index is 13.9. The van der Waals surface area contributed by atoms with Crippen molar-refractivity contribution in [1.29, 1.82) is 5.26 Å². The Hall–Kier alpha value is -1.60. The van der Waals surface area contributed by atoms with Gasteiger partial charge in [-0.2, -0.15) is 5.26 Å². The molecule has 2 aliphatic rings. The smallest absolute Gasteiger partial charge is 0.143 e. The lowest BCUT2D eigenvalue weighted by atomic mass is 9.78. The molecule has 1 spiro atoms. The summed E-state index contributed by atoms with van der Waals surface area (Å²) in [6, 6.07) is 7.02. The Morgan fingerprint density at radius 3 is 2.80 bits per heavy atom. The van der Waals surface area contributed by atoms with Gasteiger partial charge in [0.1, 0.15) is 17.4 Å². The van der Waals surface area contributed by atoms with Gasteiger partial charge in [-0.05, 0) is 25.0 Å². The van der Waals surface area contributed by atoms with Gasteiger partial charge in [-0.15, -0.1) is 0 Å². The quantitative estimate of drug-likeness (QED) is 0.855. The first kappa shape index (κ1) is 13.4. The minimum Gasteiger partial charge on any atom is -0.362 e. The molecule has 2 fully saturated rings. The van der Waals surface area contributed by atoms with Crippen LogP contribution in [0.15, 0.2) is 18.2 Å². The number of hydrogen-bond donors (Lipinski definition) is 1. The highest BCUT2D eigenvalue weighted by molar-refractivity contribution is 5.62. The summed E-state index contributed by atoms with van der Waals surface area (Å²) in [7, 11) is 0.